The van der Waals surface area contributed by atoms with Gasteiger partial charge < -0.3 is 73.4 Å². The fourth-order valence-corrected chi connectivity index (χ4v) is 7.69. The molecule has 0 aromatic carbocycles. The van der Waals surface area contributed by atoms with Gasteiger partial charge in [-0.3, -0.25) is 24.1 Å². The number of hydrogen-bond acceptors (Lipinski definition) is 17. The van der Waals surface area contributed by atoms with Gasteiger partial charge in [0.1, 0.15) is 0 Å². The van der Waals surface area contributed by atoms with Gasteiger partial charge in [0.05, 0.1) is 157 Å². The summed E-state index contributed by atoms with van der Waals surface area (Å²) in [5.41, 5.74) is 0. The molecule has 3 aliphatic rings. The number of hydrogen-bond donors (Lipinski definition) is 4. The molecule has 362 valence electrons. The number of thioether (sulfide) groups is 1. The summed E-state index contributed by atoms with van der Waals surface area (Å²) in [6, 6.07) is 0.386. The molecule has 0 spiro atoms. The largest absolute Gasteiger partial charge is 0.377 e. The van der Waals surface area contributed by atoms with E-state index in [0.717, 1.165) is 29.9 Å². The van der Waals surface area contributed by atoms with Gasteiger partial charge in [0.25, 0.3) is 11.8 Å². The van der Waals surface area contributed by atoms with E-state index >= 15 is 0 Å². The zero-order chi connectivity index (χ0) is 44.8. The van der Waals surface area contributed by atoms with Crippen LogP contribution in [0.25, 0.3) is 0 Å². The van der Waals surface area contributed by atoms with Crippen molar-refractivity contribution in [3.8, 4) is 0 Å². The second-order valence-electron chi connectivity index (χ2n) is 14.2. The maximum absolute atomic E-state index is 12.1. The van der Waals surface area contributed by atoms with Crippen LogP contribution in [0.4, 0.5) is 4.79 Å². The minimum Gasteiger partial charge on any atom is -0.377 e. The molecule has 63 heavy (non-hydrogen) atoms. The number of nitrogens with one attached hydrogen (secondary N) is 4. The van der Waals surface area contributed by atoms with E-state index in [1.54, 1.807) is 0 Å². The summed E-state index contributed by atoms with van der Waals surface area (Å²) < 4.78 is 60.3. The summed E-state index contributed by atoms with van der Waals surface area (Å²) in [6.45, 7) is 10.7. The normalized spacial score (nSPS) is 18.0. The lowest BCUT2D eigenvalue weighted by Gasteiger charge is -2.16. The lowest BCUT2D eigenvalue weighted by Crippen LogP contribution is -2.36. The first-order chi connectivity index (χ1) is 30.9. The molecular weight excluding hydrogens is 851 g/mol. The van der Waals surface area contributed by atoms with E-state index in [1.165, 1.54) is 12.2 Å². The van der Waals surface area contributed by atoms with Gasteiger partial charge >= 0.3 is 6.03 Å². The van der Waals surface area contributed by atoms with Crippen LogP contribution >= 0.6 is 11.8 Å². The van der Waals surface area contributed by atoms with Crippen LogP contribution in [-0.2, 0) is 71.3 Å². The third-order valence-electron chi connectivity index (χ3n) is 9.40. The molecule has 0 saturated carbocycles. The fourth-order valence-electron chi connectivity index (χ4n) is 6.14. The molecule has 0 radical (unpaired) electrons. The molecule has 0 bridgehead atoms. The van der Waals surface area contributed by atoms with Crippen molar-refractivity contribution in [3.05, 3.63) is 12.2 Å². The number of fused-ring (bicyclic) bond motifs is 1. The number of carbonyl (C=O) groups excluding carboxylic acids is 5. The highest BCUT2D eigenvalue weighted by Gasteiger charge is 2.42. The van der Waals surface area contributed by atoms with Crippen molar-refractivity contribution in [2.75, 3.05) is 171 Å². The number of carbonyl (C=O) groups is 5. The van der Waals surface area contributed by atoms with E-state index in [4.69, 9.17) is 52.1 Å². The summed E-state index contributed by atoms with van der Waals surface area (Å²) in [6.07, 6.45) is 5.73. The summed E-state index contributed by atoms with van der Waals surface area (Å²) in [4.78, 5) is 59.3. The number of imide groups is 1. The van der Waals surface area contributed by atoms with Crippen LogP contribution < -0.4 is 21.3 Å². The fraction of sp³-hybridized carbons (Fsp3) is 0.829. The van der Waals surface area contributed by atoms with Crippen molar-refractivity contribution in [1.29, 1.82) is 0 Å². The lowest BCUT2D eigenvalue weighted by atomic mass is 10.0. The third-order valence-corrected chi connectivity index (χ3v) is 10.9. The SMILES string of the molecule is O=C(CCCC[C@@H]1SC[C@@H]2NC(=O)N[C@H]21)NCCOCCOCCOCCOCCOCCOCCOCCOCCOCCOCCOCCNC(=O)CCN1C(=O)C=CC1=O. The monoisotopic (exact) mass is 921 g/mol. The van der Waals surface area contributed by atoms with Gasteiger partial charge in [-0.15, -0.1) is 0 Å². The number of nitrogens with zero attached hydrogens (tertiary/aromatic N) is 1. The van der Waals surface area contributed by atoms with Crippen molar-refractivity contribution in [2.45, 2.75) is 49.4 Å². The van der Waals surface area contributed by atoms with E-state index in [0.29, 0.717) is 170 Å². The molecular formula is C41H71N5O16S. The Morgan fingerprint density at radius 3 is 1.29 bits per heavy atom. The van der Waals surface area contributed by atoms with Crippen LogP contribution in [0.2, 0.25) is 0 Å². The zero-order valence-corrected chi connectivity index (χ0v) is 37.5. The molecule has 3 aliphatic heterocycles. The van der Waals surface area contributed by atoms with Gasteiger partial charge in [0.15, 0.2) is 0 Å². The summed E-state index contributed by atoms with van der Waals surface area (Å²) in [5.74, 6) is -0.0718. The molecule has 3 atom stereocenters. The van der Waals surface area contributed by atoms with E-state index in [1.807, 2.05) is 11.8 Å². The molecule has 4 N–H and O–H groups in total. The van der Waals surface area contributed by atoms with Gasteiger partial charge in [-0.25, -0.2) is 4.79 Å². The number of amides is 6. The van der Waals surface area contributed by atoms with Crippen LogP contribution in [0, 0.1) is 0 Å². The number of rotatable bonds is 44. The van der Waals surface area contributed by atoms with Gasteiger partial charge in [-0.1, -0.05) is 6.42 Å². The Morgan fingerprint density at radius 2 is 0.889 bits per heavy atom. The molecule has 22 heteroatoms. The maximum atomic E-state index is 12.1. The Labute approximate surface area is 375 Å². The van der Waals surface area contributed by atoms with Crippen LogP contribution in [0.1, 0.15) is 32.1 Å². The Balaban J connectivity index is 0.885. The summed E-state index contributed by atoms with van der Waals surface area (Å²) in [5, 5.41) is 11.9. The van der Waals surface area contributed by atoms with Gasteiger partial charge in [-0.05, 0) is 12.8 Å². The Hall–Kier alpha value is -3.00. The highest BCUT2D eigenvalue weighted by atomic mass is 32.2. The van der Waals surface area contributed by atoms with E-state index < -0.39 is 11.8 Å². The predicted molar refractivity (Wildman–Crippen MR) is 229 cm³/mol. The molecule has 0 aromatic rings. The molecule has 0 aromatic heterocycles. The van der Waals surface area contributed by atoms with Gasteiger partial charge in [-0.2, -0.15) is 11.8 Å². The first kappa shape index (κ1) is 54.3. The minimum atomic E-state index is -0.401. The van der Waals surface area contributed by atoms with Crippen molar-refractivity contribution in [1.82, 2.24) is 26.2 Å². The average molecular weight is 922 g/mol. The van der Waals surface area contributed by atoms with Crippen molar-refractivity contribution in [3.63, 3.8) is 0 Å². The number of urea groups is 1. The minimum absolute atomic E-state index is 0.0351. The first-order valence-corrected chi connectivity index (χ1v) is 23.1. The van der Waals surface area contributed by atoms with Crippen LogP contribution in [0.3, 0.4) is 0 Å². The summed E-state index contributed by atoms with van der Waals surface area (Å²) >= 11 is 1.90. The summed E-state index contributed by atoms with van der Waals surface area (Å²) in [7, 11) is 0. The molecule has 21 nitrogen and oxygen atoms in total. The Morgan fingerprint density at radius 1 is 0.524 bits per heavy atom. The standard InChI is InChI=1S/C41H71N5O16S/c47-36(4-2-1-3-35-40-34(33-63-35)44-41(51)45-40)42-8-11-52-13-15-54-17-19-56-21-23-58-25-27-60-29-31-62-32-30-61-28-26-59-24-22-57-20-18-55-16-14-53-12-9-43-37(48)7-10-46-38(49)5-6-39(46)50/h5-6,34-35,40H,1-4,7-33H2,(H,42,47)(H,43,48)(H2,44,45,51)/t34-,35-,40+/m0/s1. The molecule has 3 heterocycles. The number of unbranched alkanes of at least 4 members (excludes halogenated alkanes) is 1. The Bertz CT molecular complexity index is 1270. The third kappa shape index (κ3) is 27.8. The van der Waals surface area contributed by atoms with Gasteiger partial charge in [0, 0.05) is 55.6 Å². The zero-order valence-electron chi connectivity index (χ0n) is 36.7. The highest BCUT2D eigenvalue weighted by molar-refractivity contribution is 8.00. The van der Waals surface area contributed by atoms with Crippen LogP contribution in [-0.4, -0.2) is 223 Å². The van der Waals surface area contributed by atoms with Crippen molar-refractivity contribution < 1.29 is 76.1 Å². The molecule has 0 aliphatic carbocycles. The smallest absolute Gasteiger partial charge is 0.315 e. The average Bonchev–Trinajstić information content (AvgIpc) is 3.94. The van der Waals surface area contributed by atoms with Crippen molar-refractivity contribution >= 4 is 41.4 Å². The maximum Gasteiger partial charge on any atom is 0.315 e. The Kier molecular flexibility index (Phi) is 32.1. The number of ether oxygens (including phenoxy) is 11. The molecule has 2 fully saturated rings. The molecule has 3 rings (SSSR count). The molecule has 6 amide bonds. The topological polar surface area (TPSA) is 238 Å². The second-order valence-corrected chi connectivity index (χ2v) is 15.5. The van der Waals surface area contributed by atoms with E-state index in [9.17, 15) is 24.0 Å². The second kappa shape index (κ2) is 37.2. The molecule has 0 unspecified atom stereocenters. The van der Waals surface area contributed by atoms with E-state index in [2.05, 4.69) is 21.3 Å². The predicted octanol–water partition coefficient (Wildman–Crippen LogP) is -0.558. The van der Waals surface area contributed by atoms with Crippen molar-refractivity contribution in [2.24, 2.45) is 0 Å². The highest BCUT2D eigenvalue weighted by Crippen LogP contribution is 2.33. The van der Waals surface area contributed by atoms with Gasteiger partial charge in [0.2, 0.25) is 11.8 Å². The van der Waals surface area contributed by atoms with Crippen LogP contribution in [0.15, 0.2) is 12.2 Å². The quantitative estimate of drug-likeness (QED) is 0.0341. The lowest BCUT2D eigenvalue weighted by molar-refractivity contribution is -0.137. The first-order valence-electron chi connectivity index (χ1n) is 22.0. The van der Waals surface area contributed by atoms with E-state index in [-0.39, 0.29) is 42.9 Å². The van der Waals surface area contributed by atoms with Crippen LogP contribution in [0.5, 0.6) is 0 Å². The molecule has 2 saturated heterocycles.